The summed E-state index contributed by atoms with van der Waals surface area (Å²) < 4.78 is 4.77. The van der Waals surface area contributed by atoms with Crippen LogP contribution < -0.4 is 0 Å². The first-order valence-corrected chi connectivity index (χ1v) is 5.99. The molecule has 92 valence electrons. The average Bonchev–Trinajstić information content (AvgIpc) is 2.71. The van der Waals surface area contributed by atoms with Crippen molar-refractivity contribution in [1.82, 2.24) is 9.80 Å². The minimum absolute atomic E-state index is 0.170. The van der Waals surface area contributed by atoms with Crippen LogP contribution in [0, 0.1) is 11.8 Å². The molecule has 1 amide bonds. The summed E-state index contributed by atoms with van der Waals surface area (Å²) in [6, 6.07) is 0. The van der Waals surface area contributed by atoms with Crippen LogP contribution in [-0.2, 0) is 4.74 Å². The second kappa shape index (κ2) is 3.91. The van der Waals surface area contributed by atoms with E-state index < -0.39 is 0 Å². The molecule has 2 saturated heterocycles. The van der Waals surface area contributed by atoms with E-state index in [2.05, 4.69) is 25.7 Å². The first kappa shape index (κ1) is 11.7. The number of hydrogen-bond donors (Lipinski definition) is 0. The predicted octanol–water partition coefficient (Wildman–Crippen LogP) is 1.41. The summed E-state index contributed by atoms with van der Waals surface area (Å²) in [5.41, 5.74) is 0.250. The Labute approximate surface area is 97.5 Å². The SMILES string of the molecule is COC(=O)N1CC2CN(C(C)(C)C)CC2C1. The summed E-state index contributed by atoms with van der Waals surface area (Å²) in [4.78, 5) is 15.8. The number of nitrogens with zero attached hydrogens (tertiary/aromatic N) is 2. The second-order valence-corrected chi connectivity index (χ2v) is 5.97. The van der Waals surface area contributed by atoms with E-state index in [0.29, 0.717) is 11.8 Å². The average molecular weight is 226 g/mol. The Kier molecular flexibility index (Phi) is 2.86. The lowest BCUT2D eigenvalue weighted by Gasteiger charge is -2.33. The van der Waals surface area contributed by atoms with E-state index in [9.17, 15) is 4.79 Å². The predicted molar refractivity (Wildman–Crippen MR) is 62.3 cm³/mol. The van der Waals surface area contributed by atoms with Crippen LogP contribution in [0.1, 0.15) is 20.8 Å². The first-order valence-electron chi connectivity index (χ1n) is 5.99. The molecule has 2 rings (SSSR count). The van der Waals surface area contributed by atoms with Gasteiger partial charge in [0.05, 0.1) is 7.11 Å². The van der Waals surface area contributed by atoms with Gasteiger partial charge >= 0.3 is 6.09 Å². The Balaban J connectivity index is 1.94. The van der Waals surface area contributed by atoms with Gasteiger partial charge in [-0.3, -0.25) is 4.90 Å². The summed E-state index contributed by atoms with van der Waals surface area (Å²) in [5, 5.41) is 0. The smallest absolute Gasteiger partial charge is 0.409 e. The van der Waals surface area contributed by atoms with Gasteiger partial charge < -0.3 is 9.64 Å². The van der Waals surface area contributed by atoms with Crippen molar-refractivity contribution >= 4 is 6.09 Å². The normalized spacial score (nSPS) is 30.6. The van der Waals surface area contributed by atoms with Crippen molar-refractivity contribution in [3.05, 3.63) is 0 Å². The van der Waals surface area contributed by atoms with E-state index in [1.54, 1.807) is 0 Å². The van der Waals surface area contributed by atoms with Gasteiger partial charge in [-0.2, -0.15) is 0 Å². The Morgan fingerprint density at radius 2 is 1.62 bits per heavy atom. The quantitative estimate of drug-likeness (QED) is 0.626. The van der Waals surface area contributed by atoms with Gasteiger partial charge in [-0.25, -0.2) is 4.79 Å². The van der Waals surface area contributed by atoms with Gasteiger partial charge in [-0.05, 0) is 32.6 Å². The van der Waals surface area contributed by atoms with Gasteiger partial charge in [0.25, 0.3) is 0 Å². The maximum Gasteiger partial charge on any atom is 0.409 e. The Hall–Kier alpha value is -0.770. The summed E-state index contributed by atoms with van der Waals surface area (Å²) in [6.07, 6.45) is -0.170. The molecule has 0 N–H and O–H groups in total. The molecule has 0 aliphatic carbocycles. The van der Waals surface area contributed by atoms with Gasteiger partial charge in [0.1, 0.15) is 0 Å². The van der Waals surface area contributed by atoms with Crippen molar-refractivity contribution in [2.75, 3.05) is 33.3 Å². The van der Waals surface area contributed by atoms with Gasteiger partial charge in [0, 0.05) is 31.7 Å². The number of amides is 1. The molecule has 16 heavy (non-hydrogen) atoms. The number of methoxy groups -OCH3 is 1. The Morgan fingerprint density at radius 1 is 1.12 bits per heavy atom. The molecule has 0 aromatic carbocycles. The monoisotopic (exact) mass is 226 g/mol. The third-order valence-corrected chi connectivity index (χ3v) is 3.87. The van der Waals surface area contributed by atoms with Gasteiger partial charge in [0.2, 0.25) is 0 Å². The van der Waals surface area contributed by atoms with E-state index in [0.717, 1.165) is 26.2 Å². The van der Waals surface area contributed by atoms with Gasteiger partial charge in [0.15, 0.2) is 0 Å². The maximum absolute atomic E-state index is 11.4. The fraction of sp³-hybridized carbons (Fsp3) is 0.917. The third-order valence-electron chi connectivity index (χ3n) is 3.87. The topological polar surface area (TPSA) is 32.8 Å². The van der Waals surface area contributed by atoms with Crippen LogP contribution in [0.2, 0.25) is 0 Å². The fourth-order valence-corrected chi connectivity index (χ4v) is 2.82. The lowest BCUT2D eigenvalue weighted by molar-refractivity contribution is 0.118. The van der Waals surface area contributed by atoms with E-state index >= 15 is 0 Å². The Morgan fingerprint density at radius 3 is 2.00 bits per heavy atom. The Bertz CT molecular complexity index is 271. The number of likely N-dealkylation sites (tertiary alicyclic amines) is 2. The van der Waals surface area contributed by atoms with Crippen LogP contribution >= 0.6 is 0 Å². The molecule has 0 aromatic rings. The summed E-state index contributed by atoms with van der Waals surface area (Å²) in [6.45, 7) is 10.7. The highest BCUT2D eigenvalue weighted by molar-refractivity contribution is 5.67. The highest BCUT2D eigenvalue weighted by Crippen LogP contribution is 2.34. The number of ether oxygens (including phenoxy) is 1. The first-order chi connectivity index (χ1) is 7.41. The van der Waals surface area contributed by atoms with Crippen LogP contribution in [0.4, 0.5) is 4.79 Å². The summed E-state index contributed by atoms with van der Waals surface area (Å²) in [7, 11) is 1.46. The van der Waals surface area contributed by atoms with Crippen molar-refractivity contribution in [3.63, 3.8) is 0 Å². The standard InChI is InChI=1S/C12H22N2O2/c1-12(2,3)14-7-9-5-13(11(15)16-4)6-10(9)8-14/h9-10H,5-8H2,1-4H3. The number of carbonyl (C=O) groups is 1. The lowest BCUT2D eigenvalue weighted by atomic mass is 10.0. The van der Waals surface area contributed by atoms with Crippen molar-refractivity contribution in [2.45, 2.75) is 26.3 Å². The van der Waals surface area contributed by atoms with Crippen molar-refractivity contribution in [2.24, 2.45) is 11.8 Å². The van der Waals surface area contributed by atoms with E-state index in [1.807, 2.05) is 4.90 Å². The molecule has 4 heteroatoms. The molecule has 0 aromatic heterocycles. The van der Waals surface area contributed by atoms with Crippen molar-refractivity contribution < 1.29 is 9.53 Å². The minimum atomic E-state index is -0.170. The minimum Gasteiger partial charge on any atom is -0.453 e. The molecule has 2 fully saturated rings. The fourth-order valence-electron chi connectivity index (χ4n) is 2.82. The van der Waals surface area contributed by atoms with E-state index in [1.165, 1.54) is 7.11 Å². The molecular weight excluding hydrogens is 204 g/mol. The van der Waals surface area contributed by atoms with Gasteiger partial charge in [-0.1, -0.05) is 0 Å². The highest BCUT2D eigenvalue weighted by atomic mass is 16.5. The lowest BCUT2D eigenvalue weighted by Crippen LogP contribution is -2.42. The zero-order valence-electron chi connectivity index (χ0n) is 10.7. The molecule has 0 saturated carbocycles. The van der Waals surface area contributed by atoms with Crippen LogP contribution in [0.3, 0.4) is 0 Å². The van der Waals surface area contributed by atoms with Crippen LogP contribution in [0.15, 0.2) is 0 Å². The van der Waals surface area contributed by atoms with E-state index in [4.69, 9.17) is 4.74 Å². The number of hydrogen-bond acceptors (Lipinski definition) is 3. The molecule has 2 aliphatic rings. The zero-order valence-corrected chi connectivity index (χ0v) is 10.7. The molecule has 2 atom stereocenters. The maximum atomic E-state index is 11.4. The molecule has 4 nitrogen and oxygen atoms in total. The summed E-state index contributed by atoms with van der Waals surface area (Å²) >= 11 is 0. The number of fused-ring (bicyclic) bond motifs is 1. The molecule has 2 unspecified atom stereocenters. The zero-order chi connectivity index (χ0) is 11.9. The highest BCUT2D eigenvalue weighted by Gasteiger charge is 2.44. The molecule has 0 radical (unpaired) electrons. The molecule has 0 bridgehead atoms. The summed E-state index contributed by atoms with van der Waals surface area (Å²) in [5.74, 6) is 1.27. The third kappa shape index (κ3) is 2.03. The van der Waals surface area contributed by atoms with Crippen LogP contribution in [0.25, 0.3) is 0 Å². The van der Waals surface area contributed by atoms with E-state index in [-0.39, 0.29) is 11.6 Å². The van der Waals surface area contributed by atoms with Crippen LogP contribution in [0.5, 0.6) is 0 Å². The number of rotatable bonds is 0. The van der Waals surface area contributed by atoms with Crippen molar-refractivity contribution in [3.8, 4) is 0 Å². The largest absolute Gasteiger partial charge is 0.453 e. The molecular formula is C12H22N2O2. The van der Waals surface area contributed by atoms with Crippen molar-refractivity contribution in [1.29, 1.82) is 0 Å². The number of carbonyl (C=O) groups excluding carboxylic acids is 1. The molecule has 0 spiro atoms. The van der Waals surface area contributed by atoms with Crippen LogP contribution in [-0.4, -0.2) is 54.7 Å². The second-order valence-electron chi connectivity index (χ2n) is 5.97. The van der Waals surface area contributed by atoms with Gasteiger partial charge in [-0.15, -0.1) is 0 Å². The molecule has 2 aliphatic heterocycles. The molecule has 2 heterocycles.